The lowest BCUT2D eigenvalue weighted by Gasteiger charge is -2.33. The SMILES string of the molecule is Cc1ccc(-c2nnc(N[C@@H]3C[C@@H](F)CN(C)C3)c3c2CCOC3)c(O)c1. The number of phenols is 1. The third-order valence-corrected chi connectivity index (χ3v) is 5.26. The summed E-state index contributed by atoms with van der Waals surface area (Å²) in [6.45, 7) is 4.21. The maximum absolute atomic E-state index is 13.9. The zero-order valence-electron chi connectivity index (χ0n) is 15.7. The lowest BCUT2D eigenvalue weighted by atomic mass is 9.96. The zero-order valence-corrected chi connectivity index (χ0v) is 15.7. The van der Waals surface area contributed by atoms with Gasteiger partial charge in [-0.25, -0.2) is 4.39 Å². The van der Waals surface area contributed by atoms with E-state index in [4.69, 9.17) is 4.74 Å². The number of benzene rings is 1. The van der Waals surface area contributed by atoms with Crippen LogP contribution in [0.1, 0.15) is 23.1 Å². The van der Waals surface area contributed by atoms with Crippen molar-refractivity contribution in [3.05, 3.63) is 34.9 Å². The molecule has 1 fully saturated rings. The molecule has 1 aromatic carbocycles. The molecule has 0 spiro atoms. The summed E-state index contributed by atoms with van der Waals surface area (Å²) in [6.07, 6.45) is 0.325. The first-order chi connectivity index (χ1) is 13.0. The summed E-state index contributed by atoms with van der Waals surface area (Å²) in [4.78, 5) is 1.99. The average molecular weight is 372 g/mol. The first kappa shape index (κ1) is 18.1. The minimum Gasteiger partial charge on any atom is -0.507 e. The quantitative estimate of drug-likeness (QED) is 0.863. The molecule has 6 nitrogen and oxygen atoms in total. The molecular weight excluding hydrogens is 347 g/mol. The number of anilines is 1. The Kier molecular flexibility index (Phi) is 4.97. The van der Waals surface area contributed by atoms with Gasteiger partial charge in [0.15, 0.2) is 5.82 Å². The van der Waals surface area contributed by atoms with E-state index in [0.29, 0.717) is 49.7 Å². The molecule has 7 heteroatoms. The largest absolute Gasteiger partial charge is 0.507 e. The van der Waals surface area contributed by atoms with Crippen molar-refractivity contribution in [1.82, 2.24) is 15.1 Å². The fraction of sp³-hybridized carbons (Fsp3) is 0.500. The molecule has 2 atom stereocenters. The van der Waals surface area contributed by atoms with Crippen LogP contribution in [-0.2, 0) is 17.8 Å². The number of phenolic OH excluding ortho intramolecular Hbond substituents is 1. The molecule has 4 rings (SSSR count). The number of hydrogen-bond acceptors (Lipinski definition) is 6. The summed E-state index contributed by atoms with van der Waals surface area (Å²) in [5, 5.41) is 22.6. The Morgan fingerprint density at radius 1 is 1.26 bits per heavy atom. The van der Waals surface area contributed by atoms with E-state index in [0.717, 1.165) is 23.2 Å². The maximum atomic E-state index is 13.9. The van der Waals surface area contributed by atoms with Gasteiger partial charge >= 0.3 is 0 Å². The van der Waals surface area contributed by atoms with Crippen LogP contribution in [-0.4, -0.2) is 59.2 Å². The van der Waals surface area contributed by atoms with E-state index >= 15 is 0 Å². The number of halogens is 1. The van der Waals surface area contributed by atoms with Crippen LogP contribution >= 0.6 is 0 Å². The van der Waals surface area contributed by atoms with Crippen LogP contribution in [0.2, 0.25) is 0 Å². The van der Waals surface area contributed by atoms with E-state index in [2.05, 4.69) is 15.5 Å². The third kappa shape index (κ3) is 3.75. The van der Waals surface area contributed by atoms with E-state index in [1.165, 1.54) is 0 Å². The van der Waals surface area contributed by atoms with Crippen LogP contribution in [0.3, 0.4) is 0 Å². The van der Waals surface area contributed by atoms with Crippen molar-refractivity contribution in [2.45, 2.75) is 38.6 Å². The van der Waals surface area contributed by atoms with Gasteiger partial charge in [-0.2, -0.15) is 0 Å². The number of ether oxygens (including phenoxy) is 1. The van der Waals surface area contributed by atoms with Crippen LogP contribution < -0.4 is 5.32 Å². The predicted octanol–water partition coefficient (Wildman–Crippen LogP) is 2.68. The van der Waals surface area contributed by atoms with Crippen LogP contribution in [0, 0.1) is 6.92 Å². The number of rotatable bonds is 3. The summed E-state index contributed by atoms with van der Waals surface area (Å²) in [6, 6.07) is 5.54. The molecule has 1 saturated heterocycles. The van der Waals surface area contributed by atoms with Gasteiger partial charge < -0.3 is 20.1 Å². The Hall–Kier alpha value is -2.25. The second-order valence-electron chi connectivity index (χ2n) is 7.57. The Balaban J connectivity index is 1.69. The number of aryl methyl sites for hydroxylation is 1. The summed E-state index contributed by atoms with van der Waals surface area (Å²) in [5.41, 5.74) is 4.36. The van der Waals surface area contributed by atoms with Gasteiger partial charge in [0.1, 0.15) is 17.6 Å². The van der Waals surface area contributed by atoms with Crippen molar-refractivity contribution in [1.29, 1.82) is 0 Å². The normalized spacial score (nSPS) is 23.1. The standard InChI is InChI=1S/C20H25FN4O2/c1-12-3-4-16(18(26)7-12)19-15-5-6-27-11-17(15)20(24-23-19)22-14-8-13(21)9-25(2)10-14/h3-4,7,13-14,26H,5-6,8-11H2,1-2H3,(H,22,24)/t13-,14-/m1/s1. The number of hydrogen-bond donors (Lipinski definition) is 2. The second-order valence-corrected chi connectivity index (χ2v) is 7.57. The van der Waals surface area contributed by atoms with E-state index in [9.17, 15) is 9.50 Å². The van der Waals surface area contributed by atoms with Gasteiger partial charge in [-0.3, -0.25) is 0 Å². The predicted molar refractivity (Wildman–Crippen MR) is 102 cm³/mol. The Bertz CT molecular complexity index is 835. The number of piperidine rings is 1. The van der Waals surface area contributed by atoms with E-state index in [-0.39, 0.29) is 11.8 Å². The number of likely N-dealkylation sites (N-methyl/N-ethyl adjacent to an activating group) is 1. The minimum atomic E-state index is -0.843. The van der Waals surface area contributed by atoms with Gasteiger partial charge in [-0.05, 0) is 43.7 Å². The molecule has 0 amide bonds. The van der Waals surface area contributed by atoms with Crippen LogP contribution in [0.25, 0.3) is 11.3 Å². The number of nitrogens with zero attached hydrogens (tertiary/aromatic N) is 3. The Labute approximate surface area is 158 Å². The summed E-state index contributed by atoms with van der Waals surface area (Å²) >= 11 is 0. The molecule has 27 heavy (non-hydrogen) atoms. The third-order valence-electron chi connectivity index (χ3n) is 5.26. The molecule has 144 valence electrons. The molecule has 0 unspecified atom stereocenters. The highest BCUT2D eigenvalue weighted by molar-refractivity contribution is 5.72. The van der Waals surface area contributed by atoms with E-state index < -0.39 is 6.17 Å². The molecule has 0 radical (unpaired) electrons. The van der Waals surface area contributed by atoms with Crippen molar-refractivity contribution in [3.8, 4) is 17.0 Å². The van der Waals surface area contributed by atoms with Gasteiger partial charge in [-0.15, -0.1) is 10.2 Å². The maximum Gasteiger partial charge on any atom is 0.154 e. The van der Waals surface area contributed by atoms with Gasteiger partial charge in [0.05, 0.1) is 13.2 Å². The zero-order chi connectivity index (χ0) is 19.0. The monoisotopic (exact) mass is 372 g/mol. The number of aromatic nitrogens is 2. The molecule has 2 aromatic rings. The lowest BCUT2D eigenvalue weighted by Crippen LogP contribution is -2.45. The smallest absolute Gasteiger partial charge is 0.154 e. The molecule has 2 aliphatic rings. The van der Waals surface area contributed by atoms with Crippen molar-refractivity contribution in [2.75, 3.05) is 32.1 Å². The molecular formula is C20H25FN4O2. The van der Waals surface area contributed by atoms with Crippen LogP contribution in [0.4, 0.5) is 10.2 Å². The lowest BCUT2D eigenvalue weighted by molar-refractivity contribution is 0.110. The van der Waals surface area contributed by atoms with Gasteiger partial charge in [0.2, 0.25) is 0 Å². The minimum absolute atomic E-state index is 0.0160. The van der Waals surface area contributed by atoms with Gasteiger partial charge in [0, 0.05) is 36.7 Å². The van der Waals surface area contributed by atoms with Crippen molar-refractivity contribution >= 4 is 5.82 Å². The van der Waals surface area contributed by atoms with Crippen LogP contribution in [0.5, 0.6) is 5.75 Å². The first-order valence-electron chi connectivity index (χ1n) is 9.36. The topological polar surface area (TPSA) is 70.5 Å². The Morgan fingerprint density at radius 3 is 2.89 bits per heavy atom. The summed E-state index contributed by atoms with van der Waals surface area (Å²) in [5.74, 6) is 0.862. The highest BCUT2D eigenvalue weighted by Gasteiger charge is 2.28. The summed E-state index contributed by atoms with van der Waals surface area (Å²) in [7, 11) is 1.92. The van der Waals surface area contributed by atoms with Gasteiger partial charge in [-0.1, -0.05) is 6.07 Å². The molecule has 2 aliphatic heterocycles. The second kappa shape index (κ2) is 7.40. The van der Waals surface area contributed by atoms with Crippen molar-refractivity contribution in [2.24, 2.45) is 0 Å². The highest BCUT2D eigenvalue weighted by atomic mass is 19.1. The van der Waals surface area contributed by atoms with Crippen molar-refractivity contribution < 1.29 is 14.2 Å². The number of likely N-dealkylation sites (tertiary alicyclic amines) is 1. The number of nitrogens with one attached hydrogen (secondary N) is 1. The molecule has 3 heterocycles. The molecule has 1 aromatic heterocycles. The van der Waals surface area contributed by atoms with E-state index in [1.807, 2.05) is 31.0 Å². The average Bonchev–Trinajstić information content (AvgIpc) is 2.62. The Morgan fingerprint density at radius 2 is 2.11 bits per heavy atom. The molecule has 0 saturated carbocycles. The highest BCUT2D eigenvalue weighted by Crippen LogP contribution is 2.36. The molecule has 0 aliphatic carbocycles. The molecule has 2 N–H and O–H groups in total. The van der Waals surface area contributed by atoms with Gasteiger partial charge in [0.25, 0.3) is 0 Å². The van der Waals surface area contributed by atoms with Crippen LogP contribution in [0.15, 0.2) is 18.2 Å². The summed E-state index contributed by atoms with van der Waals surface area (Å²) < 4.78 is 19.6. The number of alkyl halides is 1. The first-order valence-corrected chi connectivity index (χ1v) is 9.36. The number of fused-ring (bicyclic) bond motifs is 1. The van der Waals surface area contributed by atoms with Crippen molar-refractivity contribution in [3.63, 3.8) is 0 Å². The van der Waals surface area contributed by atoms with E-state index in [1.54, 1.807) is 6.07 Å². The fourth-order valence-corrected chi connectivity index (χ4v) is 4.00. The number of aromatic hydroxyl groups is 1. The fourth-order valence-electron chi connectivity index (χ4n) is 4.00. The molecule has 0 bridgehead atoms.